The number of carbonyl (C=O) groups is 2. The predicted molar refractivity (Wildman–Crippen MR) is 89.7 cm³/mol. The van der Waals surface area contributed by atoms with Crippen LogP contribution in [0.5, 0.6) is 5.75 Å². The van der Waals surface area contributed by atoms with E-state index in [1.54, 1.807) is 0 Å². The van der Waals surface area contributed by atoms with Gasteiger partial charge in [0.2, 0.25) is 0 Å². The van der Waals surface area contributed by atoms with E-state index in [1.165, 1.54) is 12.1 Å². The van der Waals surface area contributed by atoms with Crippen LogP contribution in [0.3, 0.4) is 0 Å². The minimum absolute atomic E-state index is 0.0189. The summed E-state index contributed by atoms with van der Waals surface area (Å²) in [4.78, 5) is 23.9. The molecular formula is C19H15NO4. The number of aromatic hydroxyl groups is 1. The van der Waals surface area contributed by atoms with E-state index in [0.717, 1.165) is 16.3 Å². The van der Waals surface area contributed by atoms with Gasteiger partial charge in [-0.25, -0.2) is 4.79 Å². The Hall–Kier alpha value is -3.34. The van der Waals surface area contributed by atoms with Crippen molar-refractivity contribution >= 4 is 22.8 Å². The van der Waals surface area contributed by atoms with Crippen molar-refractivity contribution in [2.24, 2.45) is 0 Å². The third kappa shape index (κ3) is 3.52. The molecule has 0 aromatic heterocycles. The Kier molecular flexibility index (Phi) is 4.43. The second-order valence-corrected chi connectivity index (χ2v) is 5.23. The van der Waals surface area contributed by atoms with Crippen molar-refractivity contribution in [2.75, 3.05) is 0 Å². The molecule has 3 aromatic carbocycles. The Morgan fingerprint density at radius 2 is 1.54 bits per heavy atom. The zero-order chi connectivity index (χ0) is 16.9. The lowest BCUT2D eigenvalue weighted by molar-refractivity contribution is 0.0910. The van der Waals surface area contributed by atoms with E-state index < -0.39 is 12.0 Å². The molecule has 0 radical (unpaired) electrons. The van der Waals surface area contributed by atoms with Crippen molar-refractivity contribution in [1.29, 1.82) is 0 Å². The number of fused-ring (bicyclic) bond motifs is 1. The van der Waals surface area contributed by atoms with E-state index in [1.807, 2.05) is 54.6 Å². The average molecular weight is 321 g/mol. The van der Waals surface area contributed by atoms with Gasteiger partial charge in [0.15, 0.2) is 0 Å². The number of carbonyl (C=O) groups excluding carboxylic acids is 2. The van der Waals surface area contributed by atoms with Gasteiger partial charge in [-0.05, 0) is 28.5 Å². The van der Waals surface area contributed by atoms with Gasteiger partial charge >= 0.3 is 6.09 Å². The molecule has 0 aliphatic heterocycles. The van der Waals surface area contributed by atoms with Crippen LogP contribution in [-0.2, 0) is 11.3 Å². The van der Waals surface area contributed by atoms with Crippen LogP contribution in [0.2, 0.25) is 0 Å². The molecule has 3 aromatic rings. The number of benzene rings is 3. The summed E-state index contributed by atoms with van der Waals surface area (Å²) >= 11 is 0. The summed E-state index contributed by atoms with van der Waals surface area (Å²) in [5.74, 6) is -0.904. The standard InChI is InChI=1S/C19H15NO4/c21-17-11-15-9-5-4-8-14(15)10-16(17)18(22)20-19(23)24-12-13-6-2-1-3-7-13/h1-11,21H,12H2,(H,20,22,23). The molecule has 120 valence electrons. The Morgan fingerprint density at radius 1 is 0.917 bits per heavy atom. The molecule has 0 saturated heterocycles. The van der Waals surface area contributed by atoms with Crippen LogP contribution in [0.4, 0.5) is 4.79 Å². The SMILES string of the molecule is O=C(NC(=O)c1cc2ccccc2cc1O)OCc1ccccc1. The van der Waals surface area contributed by atoms with Crippen molar-refractivity contribution in [3.8, 4) is 5.75 Å². The van der Waals surface area contributed by atoms with Gasteiger partial charge in [0.1, 0.15) is 12.4 Å². The summed E-state index contributed by atoms with van der Waals surface area (Å²) in [5.41, 5.74) is 0.832. The molecule has 5 heteroatoms. The number of hydrogen-bond donors (Lipinski definition) is 2. The van der Waals surface area contributed by atoms with Crippen LogP contribution < -0.4 is 5.32 Å². The van der Waals surface area contributed by atoms with E-state index in [-0.39, 0.29) is 17.9 Å². The van der Waals surface area contributed by atoms with Gasteiger partial charge in [-0.15, -0.1) is 0 Å². The highest BCUT2D eigenvalue weighted by Crippen LogP contribution is 2.24. The zero-order valence-electron chi connectivity index (χ0n) is 12.7. The quantitative estimate of drug-likeness (QED) is 0.772. The highest BCUT2D eigenvalue weighted by Gasteiger charge is 2.16. The highest BCUT2D eigenvalue weighted by atomic mass is 16.5. The fourth-order valence-corrected chi connectivity index (χ4v) is 2.33. The van der Waals surface area contributed by atoms with Gasteiger partial charge in [-0.2, -0.15) is 0 Å². The summed E-state index contributed by atoms with van der Waals surface area (Å²) in [6.07, 6.45) is -0.864. The van der Waals surface area contributed by atoms with Gasteiger partial charge in [0.25, 0.3) is 5.91 Å². The average Bonchev–Trinajstić information content (AvgIpc) is 2.60. The fourth-order valence-electron chi connectivity index (χ4n) is 2.33. The molecule has 0 aliphatic carbocycles. The van der Waals surface area contributed by atoms with E-state index in [4.69, 9.17) is 4.74 Å². The van der Waals surface area contributed by atoms with Gasteiger partial charge < -0.3 is 9.84 Å². The molecule has 2 amide bonds. The van der Waals surface area contributed by atoms with E-state index in [2.05, 4.69) is 5.32 Å². The molecule has 0 spiro atoms. The summed E-state index contributed by atoms with van der Waals surface area (Å²) < 4.78 is 5.00. The predicted octanol–water partition coefficient (Wildman–Crippen LogP) is 3.61. The fraction of sp³-hybridized carbons (Fsp3) is 0.0526. The number of ether oxygens (including phenoxy) is 1. The first kappa shape index (κ1) is 15.6. The number of rotatable bonds is 3. The lowest BCUT2D eigenvalue weighted by Crippen LogP contribution is -2.31. The van der Waals surface area contributed by atoms with Crippen LogP contribution in [0.25, 0.3) is 10.8 Å². The molecule has 5 nitrogen and oxygen atoms in total. The first-order chi connectivity index (χ1) is 11.6. The van der Waals surface area contributed by atoms with Gasteiger partial charge in [0, 0.05) is 0 Å². The Balaban J connectivity index is 1.68. The first-order valence-corrected chi connectivity index (χ1v) is 7.37. The monoisotopic (exact) mass is 321 g/mol. The number of hydrogen-bond acceptors (Lipinski definition) is 4. The van der Waals surface area contributed by atoms with Crippen molar-refractivity contribution in [3.05, 3.63) is 77.9 Å². The maximum atomic E-state index is 12.2. The Bertz CT molecular complexity index is 890. The topological polar surface area (TPSA) is 75.6 Å². The van der Waals surface area contributed by atoms with Crippen LogP contribution in [0.15, 0.2) is 66.7 Å². The van der Waals surface area contributed by atoms with Crippen molar-refractivity contribution < 1.29 is 19.4 Å². The number of amides is 2. The summed E-state index contributed by atoms with van der Waals surface area (Å²) in [6, 6.07) is 19.5. The third-order valence-corrected chi connectivity index (χ3v) is 3.54. The smallest absolute Gasteiger partial charge is 0.414 e. The van der Waals surface area contributed by atoms with Crippen LogP contribution in [0, 0.1) is 0 Å². The molecule has 0 atom stereocenters. The van der Waals surface area contributed by atoms with E-state index in [9.17, 15) is 14.7 Å². The van der Waals surface area contributed by atoms with Crippen LogP contribution >= 0.6 is 0 Å². The maximum Gasteiger partial charge on any atom is 0.414 e. The summed E-state index contributed by atoms with van der Waals surface area (Å²) in [6.45, 7) is 0.0592. The highest BCUT2D eigenvalue weighted by molar-refractivity contribution is 6.07. The molecule has 2 N–H and O–H groups in total. The third-order valence-electron chi connectivity index (χ3n) is 3.54. The van der Waals surface area contributed by atoms with E-state index >= 15 is 0 Å². The molecule has 0 bridgehead atoms. The second-order valence-electron chi connectivity index (χ2n) is 5.23. The van der Waals surface area contributed by atoms with Gasteiger partial charge in [-0.1, -0.05) is 54.6 Å². The minimum atomic E-state index is -0.864. The first-order valence-electron chi connectivity index (χ1n) is 7.37. The van der Waals surface area contributed by atoms with Crippen molar-refractivity contribution in [3.63, 3.8) is 0 Å². The molecule has 0 unspecified atom stereocenters. The van der Waals surface area contributed by atoms with E-state index in [0.29, 0.717) is 0 Å². The molecule has 0 saturated carbocycles. The zero-order valence-corrected chi connectivity index (χ0v) is 12.7. The number of alkyl carbamates (subject to hydrolysis) is 1. The van der Waals surface area contributed by atoms with Crippen molar-refractivity contribution in [1.82, 2.24) is 5.32 Å². The minimum Gasteiger partial charge on any atom is -0.507 e. The molecule has 0 heterocycles. The lowest BCUT2D eigenvalue weighted by atomic mass is 10.1. The molecule has 0 fully saturated rings. The maximum absolute atomic E-state index is 12.2. The largest absolute Gasteiger partial charge is 0.507 e. The van der Waals surface area contributed by atoms with Gasteiger partial charge in [0.05, 0.1) is 5.56 Å². The molecule has 0 aliphatic rings. The number of imide groups is 1. The normalized spacial score (nSPS) is 10.3. The number of phenolic OH excluding ortho intramolecular Hbond substituents is 1. The Labute approximate surface area is 138 Å². The van der Waals surface area contributed by atoms with Crippen molar-refractivity contribution in [2.45, 2.75) is 6.61 Å². The summed E-state index contributed by atoms with van der Waals surface area (Å²) in [7, 11) is 0. The van der Waals surface area contributed by atoms with Crippen LogP contribution in [-0.4, -0.2) is 17.1 Å². The second kappa shape index (κ2) is 6.83. The Morgan fingerprint density at radius 3 is 2.25 bits per heavy atom. The van der Waals surface area contributed by atoms with Gasteiger partial charge in [-0.3, -0.25) is 10.1 Å². The number of nitrogens with one attached hydrogen (secondary N) is 1. The summed E-state index contributed by atoms with van der Waals surface area (Å²) in [5, 5.41) is 13.7. The lowest BCUT2D eigenvalue weighted by Gasteiger charge is -2.08. The number of phenols is 1. The molecule has 24 heavy (non-hydrogen) atoms. The molecular weight excluding hydrogens is 306 g/mol. The van der Waals surface area contributed by atoms with Crippen LogP contribution in [0.1, 0.15) is 15.9 Å². The molecule has 3 rings (SSSR count).